The van der Waals surface area contributed by atoms with Crippen LogP contribution < -0.4 is 19.6 Å². The number of fused-ring (bicyclic) bond motifs is 22. The molecule has 0 radical (unpaired) electrons. The zero-order chi connectivity index (χ0) is 84.0. The molecule has 0 aliphatic heterocycles. The molecule has 0 saturated carbocycles. The van der Waals surface area contributed by atoms with Crippen molar-refractivity contribution in [3.63, 3.8) is 0 Å². The van der Waals surface area contributed by atoms with Crippen LogP contribution in [0.4, 0.5) is 68.2 Å². The molecule has 125 heavy (non-hydrogen) atoms. The maximum atomic E-state index is 2.58. The van der Waals surface area contributed by atoms with Crippen LogP contribution in [0.3, 0.4) is 0 Å². The van der Waals surface area contributed by atoms with Crippen molar-refractivity contribution in [2.45, 2.75) is 82.5 Å². The van der Waals surface area contributed by atoms with Crippen LogP contribution in [-0.2, 0) is 27.1 Å². The van der Waals surface area contributed by atoms with Gasteiger partial charge in [0.05, 0.1) is 5.41 Å². The summed E-state index contributed by atoms with van der Waals surface area (Å²) in [6, 6.07) is 157. The molecule has 0 unspecified atom stereocenters. The molecule has 0 heterocycles. The summed E-state index contributed by atoms with van der Waals surface area (Å²) in [6.45, 7) is 19.1. The van der Waals surface area contributed by atoms with Gasteiger partial charge in [-0.25, -0.2) is 0 Å². The van der Waals surface area contributed by atoms with E-state index in [0.29, 0.717) is 0 Å². The first-order valence-electron chi connectivity index (χ1n) is 44.2. The molecule has 0 atom stereocenters. The van der Waals surface area contributed by atoms with E-state index in [1.54, 1.807) is 0 Å². The Morgan fingerprint density at radius 3 is 0.672 bits per heavy atom. The average molecular weight is 1600 g/mol. The highest BCUT2D eigenvalue weighted by Gasteiger charge is 2.52. The molecular formula is C121H92N4. The molecule has 1 spiro atoms. The predicted molar refractivity (Wildman–Crippen MR) is 523 cm³/mol. The van der Waals surface area contributed by atoms with Crippen molar-refractivity contribution in [1.29, 1.82) is 0 Å². The van der Waals surface area contributed by atoms with E-state index in [-0.39, 0.29) is 21.7 Å². The smallest absolute Gasteiger partial charge is 0.0725 e. The van der Waals surface area contributed by atoms with Crippen LogP contribution in [0.1, 0.15) is 122 Å². The number of hydrogen-bond donors (Lipinski definition) is 0. The van der Waals surface area contributed by atoms with E-state index >= 15 is 0 Å². The van der Waals surface area contributed by atoms with Crippen molar-refractivity contribution in [3.8, 4) is 89.0 Å². The molecular weight excluding hydrogens is 1510 g/mol. The van der Waals surface area contributed by atoms with Gasteiger partial charge in [0.1, 0.15) is 0 Å². The topological polar surface area (TPSA) is 13.0 Å². The van der Waals surface area contributed by atoms with Gasteiger partial charge in [-0.3, -0.25) is 0 Å². The van der Waals surface area contributed by atoms with Crippen LogP contribution >= 0.6 is 0 Å². The third-order valence-corrected chi connectivity index (χ3v) is 29.0. The monoisotopic (exact) mass is 1600 g/mol. The molecule has 596 valence electrons. The first kappa shape index (κ1) is 74.0. The molecule has 24 rings (SSSR count). The molecule has 18 aromatic carbocycles. The molecule has 4 nitrogen and oxygen atoms in total. The Bertz CT molecular complexity index is 7280. The van der Waals surface area contributed by atoms with Gasteiger partial charge in [0.25, 0.3) is 0 Å². The summed E-state index contributed by atoms with van der Waals surface area (Å²) >= 11 is 0. The lowest BCUT2D eigenvalue weighted by Crippen LogP contribution is -2.26. The first-order valence-corrected chi connectivity index (χ1v) is 44.2. The van der Waals surface area contributed by atoms with Crippen LogP contribution in [0, 0.1) is 0 Å². The zero-order valence-corrected chi connectivity index (χ0v) is 71.5. The van der Waals surface area contributed by atoms with Gasteiger partial charge in [0.15, 0.2) is 0 Å². The van der Waals surface area contributed by atoms with Gasteiger partial charge in [-0.05, 0) is 301 Å². The summed E-state index contributed by atoms with van der Waals surface area (Å²) in [7, 11) is 0. The quantitative estimate of drug-likeness (QED) is 0.108. The highest BCUT2D eigenvalue weighted by Crippen LogP contribution is 2.65. The third-order valence-electron chi connectivity index (χ3n) is 29.0. The van der Waals surface area contributed by atoms with Gasteiger partial charge in [-0.1, -0.05) is 322 Å². The van der Waals surface area contributed by atoms with Gasteiger partial charge in [0, 0.05) is 89.9 Å². The minimum absolute atomic E-state index is 0.168. The van der Waals surface area contributed by atoms with E-state index in [0.717, 1.165) is 90.5 Å². The lowest BCUT2D eigenvalue weighted by molar-refractivity contribution is 0.660. The highest BCUT2D eigenvalue weighted by atomic mass is 15.2. The Balaban J connectivity index is 0.730. The van der Waals surface area contributed by atoms with Crippen LogP contribution in [0.2, 0.25) is 0 Å². The van der Waals surface area contributed by atoms with Gasteiger partial charge in [-0.2, -0.15) is 0 Å². The fraction of sp³-hybridized carbons (Fsp3) is 0.107. The third kappa shape index (κ3) is 11.0. The van der Waals surface area contributed by atoms with Crippen molar-refractivity contribution in [3.05, 3.63) is 479 Å². The number of anilines is 12. The molecule has 0 aromatic heterocycles. The lowest BCUT2D eigenvalue weighted by Gasteiger charge is -2.32. The maximum Gasteiger partial charge on any atom is 0.0725 e. The second kappa shape index (κ2) is 27.6. The largest absolute Gasteiger partial charge is 0.310 e. The predicted octanol–water partition coefficient (Wildman–Crippen LogP) is 32.5. The van der Waals surface area contributed by atoms with E-state index in [4.69, 9.17) is 0 Å². The fourth-order valence-corrected chi connectivity index (χ4v) is 23.0. The molecule has 0 fully saturated rings. The Morgan fingerprint density at radius 1 is 0.128 bits per heavy atom. The summed E-state index contributed by atoms with van der Waals surface area (Å²) < 4.78 is 0. The number of benzene rings is 18. The highest BCUT2D eigenvalue weighted by molar-refractivity contribution is 6.01. The van der Waals surface area contributed by atoms with Gasteiger partial charge < -0.3 is 19.6 Å². The standard InChI is InChI=1S/C121H92N4/c1-117(2)108-50-30-24-46-98(108)104-73-85(58-64-109(104)117)122(81-33-13-9-14-34-81)89-65-79(66-90(71-89)123(82-35-15-10-16-36-82)86-55-61-99-93-41-21-27-47-105(93)118(3,4)112(99)74-86)77-53-59-102-103-60-54-78(70-116(103)121(115(102)69-77)110-51-31-25-44-96(110)97-45-26-32-52-111(97)121)80-67-91(124(83-37-17-11-18-38-83)87-56-62-100-94-42-22-28-48-106(94)119(5,6)113(100)75-87)72-92(68-80)125(84-39-19-12-20-40-84)88-57-63-101-95-43-23-29-49-107(95)120(7,8)114(101)76-88/h9-76H,1-8H3. The molecule has 0 N–H and O–H groups in total. The van der Waals surface area contributed by atoms with E-state index in [9.17, 15) is 0 Å². The van der Waals surface area contributed by atoms with E-state index in [2.05, 4.69) is 488 Å². The van der Waals surface area contributed by atoms with Crippen LogP contribution in [0.25, 0.3) is 89.0 Å². The molecule has 0 bridgehead atoms. The summed E-state index contributed by atoms with van der Waals surface area (Å²) in [6.07, 6.45) is 0. The molecule has 4 heteroatoms. The molecule has 6 aliphatic carbocycles. The fourth-order valence-electron chi connectivity index (χ4n) is 23.0. The number of hydrogen-bond acceptors (Lipinski definition) is 4. The van der Waals surface area contributed by atoms with Crippen LogP contribution in [0.15, 0.2) is 413 Å². The SMILES string of the molecule is CC1(C)c2ccccc2-c2cc(N(c3ccccc3)c3cc(-c4ccc5c(c4)C4(c6ccccc6-c6ccccc64)c4cc(-c6cc(N(c7ccccc7)c7ccc8c(c7)C(C)(C)c7ccccc7-8)cc(N(c7ccccc7)c7ccc8c(c7)C(C)(C)c7ccccc7-8)c6)ccc4-5)cc(N(c4ccccc4)c4ccc5c(c4)C(C)(C)c4ccccc4-5)c3)ccc21. The molecule has 0 saturated heterocycles. The van der Waals surface area contributed by atoms with Crippen molar-refractivity contribution in [2.24, 2.45) is 0 Å². The Labute approximate surface area is 733 Å². The Morgan fingerprint density at radius 2 is 0.352 bits per heavy atom. The van der Waals surface area contributed by atoms with Crippen LogP contribution in [0.5, 0.6) is 0 Å². The normalized spacial score (nSPS) is 14.7. The summed E-state index contributed by atoms with van der Waals surface area (Å²) in [5.41, 5.74) is 46.7. The number of para-hydroxylation sites is 4. The average Bonchev–Trinajstić information content (AvgIpc) is 1.50. The Hall–Kier alpha value is -14.8. The minimum atomic E-state index is -0.754. The number of rotatable bonds is 14. The van der Waals surface area contributed by atoms with Crippen molar-refractivity contribution < 1.29 is 0 Å². The van der Waals surface area contributed by atoms with E-state index < -0.39 is 5.41 Å². The summed E-state index contributed by atoms with van der Waals surface area (Å²) in [5, 5.41) is 0. The second-order valence-electron chi connectivity index (χ2n) is 37.1. The lowest BCUT2D eigenvalue weighted by atomic mass is 9.70. The van der Waals surface area contributed by atoms with Gasteiger partial charge >= 0.3 is 0 Å². The van der Waals surface area contributed by atoms with Gasteiger partial charge in [-0.15, -0.1) is 0 Å². The van der Waals surface area contributed by atoms with E-state index in [1.165, 1.54) is 134 Å². The minimum Gasteiger partial charge on any atom is -0.310 e. The number of nitrogens with zero attached hydrogens (tertiary/aromatic N) is 4. The molecule has 6 aliphatic rings. The first-order chi connectivity index (χ1) is 61.0. The van der Waals surface area contributed by atoms with Crippen molar-refractivity contribution in [1.82, 2.24) is 0 Å². The summed E-state index contributed by atoms with van der Waals surface area (Å²) in [5.74, 6) is 0. The Kier molecular flexibility index (Phi) is 16.3. The maximum absolute atomic E-state index is 2.58. The summed E-state index contributed by atoms with van der Waals surface area (Å²) in [4.78, 5) is 10.0. The zero-order valence-electron chi connectivity index (χ0n) is 71.5. The van der Waals surface area contributed by atoms with E-state index in [1.807, 2.05) is 0 Å². The van der Waals surface area contributed by atoms with Crippen molar-refractivity contribution in [2.75, 3.05) is 19.6 Å². The second-order valence-corrected chi connectivity index (χ2v) is 37.1. The van der Waals surface area contributed by atoms with Gasteiger partial charge in [0.2, 0.25) is 0 Å². The molecule has 0 amide bonds. The van der Waals surface area contributed by atoms with Crippen LogP contribution in [-0.4, -0.2) is 0 Å². The van der Waals surface area contributed by atoms with Crippen molar-refractivity contribution >= 4 is 68.2 Å². The molecule has 18 aromatic rings.